The van der Waals surface area contributed by atoms with Gasteiger partial charge in [-0.3, -0.25) is 0 Å². The maximum absolute atomic E-state index is 12.1. The number of rotatable bonds is 5. The molecule has 1 atom stereocenters. The molecule has 0 saturated heterocycles. The van der Waals surface area contributed by atoms with Crippen molar-refractivity contribution < 1.29 is 14.3 Å². The first-order valence-corrected chi connectivity index (χ1v) is 8.40. The van der Waals surface area contributed by atoms with Crippen molar-refractivity contribution >= 4 is 23.5 Å². The zero-order chi connectivity index (χ0) is 16.8. The summed E-state index contributed by atoms with van der Waals surface area (Å²) in [5.41, 5.74) is 0.451. The Morgan fingerprint density at radius 3 is 3.17 bits per heavy atom. The molecule has 0 bridgehead atoms. The standard InChI is InChI=1S/C17H15N3O3S/c18-10-12-4-3-7-19-16(12)20-8-9-22-17(21)14-11-24-15-6-2-1-5-13(15)23-14/h1-7,14H,8-9,11H2,(H,19,20)/t14-/m0/s1. The van der Waals surface area contributed by atoms with Crippen molar-refractivity contribution in [3.05, 3.63) is 48.2 Å². The Kier molecular flexibility index (Phi) is 5.18. The van der Waals surface area contributed by atoms with E-state index in [2.05, 4.69) is 16.4 Å². The summed E-state index contributed by atoms with van der Waals surface area (Å²) >= 11 is 1.58. The van der Waals surface area contributed by atoms with Crippen LogP contribution in [0, 0.1) is 11.3 Å². The number of para-hydroxylation sites is 1. The normalized spacial score (nSPS) is 15.5. The maximum Gasteiger partial charge on any atom is 0.348 e. The number of nitrogens with zero attached hydrogens (tertiary/aromatic N) is 2. The summed E-state index contributed by atoms with van der Waals surface area (Å²) in [4.78, 5) is 17.2. The molecule has 6 nitrogen and oxygen atoms in total. The molecule has 0 amide bonds. The van der Waals surface area contributed by atoms with Gasteiger partial charge in [0.25, 0.3) is 0 Å². The van der Waals surface area contributed by atoms with Crippen LogP contribution >= 0.6 is 11.8 Å². The molecule has 0 radical (unpaired) electrons. The predicted octanol–water partition coefficient (Wildman–Crippen LogP) is 2.46. The fraction of sp³-hybridized carbons (Fsp3) is 0.235. The van der Waals surface area contributed by atoms with Gasteiger partial charge in [-0.25, -0.2) is 9.78 Å². The van der Waals surface area contributed by atoms with E-state index in [9.17, 15) is 4.79 Å². The summed E-state index contributed by atoms with van der Waals surface area (Å²) in [5, 5.41) is 12.0. The molecule has 2 aromatic rings. The maximum atomic E-state index is 12.1. The summed E-state index contributed by atoms with van der Waals surface area (Å²) in [7, 11) is 0. The van der Waals surface area contributed by atoms with Crippen LogP contribution in [0.4, 0.5) is 5.82 Å². The molecule has 1 aromatic heterocycles. The lowest BCUT2D eigenvalue weighted by molar-refractivity contribution is -0.150. The number of carbonyl (C=O) groups is 1. The monoisotopic (exact) mass is 341 g/mol. The molecule has 0 aliphatic carbocycles. The molecule has 1 aliphatic heterocycles. The Hall–Kier alpha value is -2.72. The molecular formula is C17H15N3O3S. The van der Waals surface area contributed by atoms with Crippen molar-refractivity contribution in [1.29, 1.82) is 5.26 Å². The second kappa shape index (κ2) is 7.70. The van der Waals surface area contributed by atoms with Crippen LogP contribution in [0.1, 0.15) is 5.56 Å². The largest absolute Gasteiger partial charge is 0.477 e. The number of fused-ring (bicyclic) bond motifs is 1. The number of nitrogens with one attached hydrogen (secondary N) is 1. The minimum absolute atomic E-state index is 0.173. The smallest absolute Gasteiger partial charge is 0.348 e. The second-order valence-electron chi connectivity index (χ2n) is 4.97. The van der Waals surface area contributed by atoms with Gasteiger partial charge in [-0.05, 0) is 24.3 Å². The average molecular weight is 341 g/mol. The van der Waals surface area contributed by atoms with Crippen molar-refractivity contribution in [3.63, 3.8) is 0 Å². The number of thioether (sulfide) groups is 1. The first-order chi connectivity index (χ1) is 11.8. The molecule has 3 rings (SSSR count). The number of aromatic nitrogens is 1. The first-order valence-electron chi connectivity index (χ1n) is 7.42. The zero-order valence-electron chi connectivity index (χ0n) is 12.8. The first kappa shape index (κ1) is 16.1. The van der Waals surface area contributed by atoms with E-state index in [4.69, 9.17) is 14.7 Å². The van der Waals surface area contributed by atoms with Crippen LogP contribution in [0.15, 0.2) is 47.5 Å². The minimum Gasteiger partial charge on any atom is -0.477 e. The van der Waals surface area contributed by atoms with Crippen molar-refractivity contribution in [2.24, 2.45) is 0 Å². The highest BCUT2D eigenvalue weighted by atomic mass is 32.2. The van der Waals surface area contributed by atoms with Gasteiger partial charge in [-0.2, -0.15) is 5.26 Å². The Labute approximate surface area is 143 Å². The van der Waals surface area contributed by atoms with Gasteiger partial charge in [0.05, 0.1) is 12.1 Å². The average Bonchev–Trinajstić information content (AvgIpc) is 2.65. The third-order valence-corrected chi connectivity index (χ3v) is 4.46. The number of hydrogen-bond donors (Lipinski definition) is 1. The highest BCUT2D eigenvalue weighted by Gasteiger charge is 2.27. The van der Waals surface area contributed by atoms with Gasteiger partial charge in [0.1, 0.15) is 24.2 Å². The van der Waals surface area contributed by atoms with Crippen molar-refractivity contribution in [3.8, 4) is 11.8 Å². The zero-order valence-corrected chi connectivity index (χ0v) is 13.6. The van der Waals surface area contributed by atoms with Gasteiger partial charge in [0.2, 0.25) is 6.10 Å². The molecular weight excluding hydrogens is 326 g/mol. The number of nitriles is 1. The van der Waals surface area contributed by atoms with Gasteiger partial charge in [-0.15, -0.1) is 11.8 Å². The molecule has 0 unspecified atom stereocenters. The SMILES string of the molecule is N#Cc1cccnc1NCCOC(=O)[C@@H]1CSc2ccccc2O1. The van der Waals surface area contributed by atoms with E-state index in [1.54, 1.807) is 30.1 Å². The summed E-state index contributed by atoms with van der Waals surface area (Å²) in [6, 6.07) is 13.0. The van der Waals surface area contributed by atoms with Gasteiger partial charge in [-0.1, -0.05) is 12.1 Å². The molecule has 0 saturated carbocycles. The molecule has 24 heavy (non-hydrogen) atoms. The fourth-order valence-corrected chi connectivity index (χ4v) is 3.15. The lowest BCUT2D eigenvalue weighted by Gasteiger charge is -2.24. The molecule has 1 aromatic carbocycles. The number of esters is 1. The summed E-state index contributed by atoms with van der Waals surface area (Å²) in [6.45, 7) is 0.542. The minimum atomic E-state index is -0.602. The number of benzene rings is 1. The molecule has 2 heterocycles. The number of anilines is 1. The Bertz CT molecular complexity index is 776. The quantitative estimate of drug-likeness (QED) is 0.660. The molecule has 0 spiro atoms. The molecule has 7 heteroatoms. The third kappa shape index (κ3) is 3.78. The molecule has 1 aliphatic rings. The lowest BCUT2D eigenvalue weighted by atomic mass is 10.3. The van der Waals surface area contributed by atoms with Crippen LogP contribution in [-0.2, 0) is 9.53 Å². The van der Waals surface area contributed by atoms with E-state index in [-0.39, 0.29) is 12.6 Å². The highest BCUT2D eigenvalue weighted by molar-refractivity contribution is 7.99. The number of carbonyl (C=O) groups excluding carboxylic acids is 1. The van der Waals surface area contributed by atoms with Gasteiger partial charge >= 0.3 is 5.97 Å². The molecule has 0 fully saturated rings. The number of ether oxygens (including phenoxy) is 2. The summed E-state index contributed by atoms with van der Waals surface area (Å²) in [5.74, 6) is 1.33. The highest BCUT2D eigenvalue weighted by Crippen LogP contribution is 2.35. The van der Waals surface area contributed by atoms with Crippen LogP contribution in [0.5, 0.6) is 5.75 Å². The van der Waals surface area contributed by atoms with Crippen LogP contribution < -0.4 is 10.1 Å². The van der Waals surface area contributed by atoms with E-state index in [0.29, 0.717) is 29.4 Å². The van der Waals surface area contributed by atoms with E-state index < -0.39 is 6.10 Å². The van der Waals surface area contributed by atoms with Crippen molar-refractivity contribution in [2.45, 2.75) is 11.0 Å². The van der Waals surface area contributed by atoms with Gasteiger partial charge < -0.3 is 14.8 Å². The summed E-state index contributed by atoms with van der Waals surface area (Å²) in [6.07, 6.45) is 0.995. The van der Waals surface area contributed by atoms with Crippen molar-refractivity contribution in [2.75, 3.05) is 24.2 Å². The predicted molar refractivity (Wildman–Crippen MR) is 90.0 cm³/mol. The summed E-state index contributed by atoms with van der Waals surface area (Å²) < 4.78 is 10.9. The van der Waals surface area contributed by atoms with E-state index in [0.717, 1.165) is 4.90 Å². The van der Waals surface area contributed by atoms with Crippen LogP contribution in [0.3, 0.4) is 0 Å². The van der Waals surface area contributed by atoms with E-state index >= 15 is 0 Å². The second-order valence-corrected chi connectivity index (χ2v) is 6.03. The number of pyridine rings is 1. The van der Waals surface area contributed by atoms with Gasteiger partial charge in [0.15, 0.2) is 0 Å². The van der Waals surface area contributed by atoms with Crippen LogP contribution in [0.2, 0.25) is 0 Å². The third-order valence-electron chi connectivity index (χ3n) is 3.34. The van der Waals surface area contributed by atoms with Crippen LogP contribution in [0.25, 0.3) is 0 Å². The van der Waals surface area contributed by atoms with E-state index in [1.807, 2.05) is 24.3 Å². The Morgan fingerprint density at radius 1 is 1.42 bits per heavy atom. The molecule has 1 N–H and O–H groups in total. The van der Waals surface area contributed by atoms with E-state index in [1.165, 1.54) is 0 Å². The Morgan fingerprint density at radius 2 is 2.29 bits per heavy atom. The van der Waals surface area contributed by atoms with Gasteiger partial charge in [0, 0.05) is 16.8 Å². The topological polar surface area (TPSA) is 84.2 Å². The van der Waals surface area contributed by atoms with Crippen LogP contribution in [-0.4, -0.2) is 36.0 Å². The van der Waals surface area contributed by atoms with Crippen molar-refractivity contribution in [1.82, 2.24) is 4.98 Å². The Balaban J connectivity index is 1.46. The molecule has 122 valence electrons. The fourth-order valence-electron chi connectivity index (χ4n) is 2.19. The lowest BCUT2D eigenvalue weighted by Crippen LogP contribution is -2.34. The number of hydrogen-bond acceptors (Lipinski definition) is 7.